The maximum atomic E-state index is 5.45. The van der Waals surface area contributed by atoms with E-state index in [0.29, 0.717) is 19.6 Å². The van der Waals surface area contributed by atoms with Gasteiger partial charge in [-0.2, -0.15) is 0 Å². The van der Waals surface area contributed by atoms with Gasteiger partial charge in [-0.1, -0.05) is 0 Å². The molecule has 0 aromatic carbocycles. The molecule has 0 aliphatic rings. The quantitative estimate of drug-likeness (QED) is 0.426. The minimum atomic E-state index is -2.63. The molecule has 0 spiro atoms. The number of hydrogen-bond acceptors (Lipinski definition) is 6. The van der Waals surface area contributed by atoms with Gasteiger partial charge in [0.2, 0.25) is 0 Å². The first-order valence-corrected chi connectivity index (χ1v) is 6.74. The summed E-state index contributed by atoms with van der Waals surface area (Å²) in [6, 6.07) is 0. The third-order valence-electron chi connectivity index (χ3n) is 2.22. The Hall–Kier alpha value is -0.0231. The van der Waals surface area contributed by atoms with Gasteiger partial charge in [-0.25, -0.2) is 0 Å². The molecule has 92 valence electrons. The fourth-order valence-corrected chi connectivity index (χ4v) is 3.66. The fourth-order valence-electron chi connectivity index (χ4n) is 1.46. The zero-order chi connectivity index (χ0) is 11.7. The van der Waals surface area contributed by atoms with Crippen molar-refractivity contribution in [3.63, 3.8) is 0 Å². The topological polar surface area (TPSA) is 77.8 Å². The van der Waals surface area contributed by atoms with E-state index in [2.05, 4.69) is 10.6 Å². The first kappa shape index (κ1) is 15.0. The van der Waals surface area contributed by atoms with Crippen LogP contribution < -0.4 is 16.4 Å². The zero-order valence-corrected chi connectivity index (χ0v) is 11.0. The Labute approximate surface area is 92.8 Å². The van der Waals surface area contributed by atoms with E-state index in [4.69, 9.17) is 19.0 Å². The van der Waals surface area contributed by atoms with E-state index in [1.54, 1.807) is 21.3 Å². The SMILES string of the molecule is CNCC(NCCN)[Si](OC)(OC)OC. The molecule has 0 saturated carbocycles. The van der Waals surface area contributed by atoms with Crippen LogP contribution in [-0.4, -0.2) is 62.5 Å². The average molecular weight is 237 g/mol. The van der Waals surface area contributed by atoms with Crippen LogP contribution in [0.25, 0.3) is 0 Å². The van der Waals surface area contributed by atoms with Gasteiger partial charge in [-0.3, -0.25) is 0 Å². The minimum absolute atomic E-state index is 0.00560. The predicted molar refractivity (Wildman–Crippen MR) is 61.6 cm³/mol. The van der Waals surface area contributed by atoms with Crippen molar-refractivity contribution in [3.05, 3.63) is 0 Å². The molecule has 0 aliphatic heterocycles. The lowest BCUT2D eigenvalue weighted by molar-refractivity contribution is 0.107. The summed E-state index contributed by atoms with van der Waals surface area (Å²) in [5.74, 6) is 0. The molecule has 1 atom stereocenters. The van der Waals surface area contributed by atoms with E-state index >= 15 is 0 Å². The molecule has 0 fully saturated rings. The predicted octanol–water partition coefficient (Wildman–Crippen LogP) is -1.46. The van der Waals surface area contributed by atoms with Gasteiger partial charge in [0.15, 0.2) is 0 Å². The molecule has 0 rings (SSSR count). The number of hydrogen-bond donors (Lipinski definition) is 3. The van der Waals surface area contributed by atoms with Crippen LogP contribution in [0.15, 0.2) is 0 Å². The van der Waals surface area contributed by atoms with E-state index in [-0.39, 0.29) is 5.67 Å². The summed E-state index contributed by atoms with van der Waals surface area (Å²) in [7, 11) is 4.05. The normalized spacial score (nSPS) is 14.2. The summed E-state index contributed by atoms with van der Waals surface area (Å²) in [6.45, 7) is 1.99. The van der Waals surface area contributed by atoms with Crippen molar-refractivity contribution < 1.29 is 13.3 Å². The molecule has 0 heterocycles. The summed E-state index contributed by atoms with van der Waals surface area (Å²) >= 11 is 0. The molecular formula is C8H23N3O3Si. The Bertz CT molecular complexity index is 150. The Morgan fingerprint density at radius 1 is 1.20 bits per heavy atom. The summed E-state index contributed by atoms with van der Waals surface area (Å²) in [6.07, 6.45) is 0. The Morgan fingerprint density at radius 2 is 1.73 bits per heavy atom. The molecule has 6 nitrogen and oxygen atoms in total. The van der Waals surface area contributed by atoms with Crippen LogP contribution in [0.4, 0.5) is 0 Å². The van der Waals surface area contributed by atoms with Gasteiger partial charge < -0.3 is 29.6 Å². The minimum Gasteiger partial charge on any atom is -0.376 e. The summed E-state index contributed by atoms with van der Waals surface area (Å²) in [4.78, 5) is 0. The number of likely N-dealkylation sites (N-methyl/N-ethyl adjacent to an activating group) is 1. The van der Waals surface area contributed by atoms with Crippen molar-refractivity contribution in [2.75, 3.05) is 48.0 Å². The molecule has 0 bridgehead atoms. The van der Waals surface area contributed by atoms with Crippen LogP contribution in [-0.2, 0) is 13.3 Å². The van der Waals surface area contributed by atoms with Gasteiger partial charge in [-0.15, -0.1) is 0 Å². The molecule has 15 heavy (non-hydrogen) atoms. The zero-order valence-electron chi connectivity index (χ0n) is 10.0. The van der Waals surface area contributed by atoms with Crippen molar-refractivity contribution in [2.24, 2.45) is 5.73 Å². The molecule has 4 N–H and O–H groups in total. The highest BCUT2D eigenvalue weighted by atomic mass is 28.4. The van der Waals surface area contributed by atoms with Gasteiger partial charge in [0.05, 0.1) is 5.67 Å². The summed E-state index contributed by atoms with van der Waals surface area (Å²) in [5.41, 5.74) is 5.46. The maximum Gasteiger partial charge on any atom is 0.519 e. The smallest absolute Gasteiger partial charge is 0.376 e. The second kappa shape index (κ2) is 8.17. The lowest BCUT2D eigenvalue weighted by Gasteiger charge is -2.32. The lowest BCUT2D eigenvalue weighted by atomic mass is 10.5. The molecule has 0 saturated heterocycles. The molecule has 0 radical (unpaired) electrons. The molecule has 7 heteroatoms. The van der Waals surface area contributed by atoms with E-state index in [0.717, 1.165) is 0 Å². The van der Waals surface area contributed by atoms with Gasteiger partial charge in [0, 0.05) is 41.0 Å². The molecule has 1 unspecified atom stereocenters. The fraction of sp³-hybridized carbons (Fsp3) is 1.00. The van der Waals surface area contributed by atoms with E-state index in [9.17, 15) is 0 Å². The second-order valence-corrected chi connectivity index (χ2v) is 6.20. The van der Waals surface area contributed by atoms with Crippen LogP contribution in [0.5, 0.6) is 0 Å². The third-order valence-corrected chi connectivity index (χ3v) is 5.19. The van der Waals surface area contributed by atoms with Crippen LogP contribution in [0.2, 0.25) is 0 Å². The first-order valence-electron chi connectivity index (χ1n) is 4.94. The average Bonchev–Trinajstić information content (AvgIpc) is 2.28. The van der Waals surface area contributed by atoms with E-state index in [1.807, 2.05) is 7.05 Å². The summed E-state index contributed by atoms with van der Waals surface area (Å²) < 4.78 is 16.2. The van der Waals surface area contributed by atoms with Crippen LogP contribution in [0.3, 0.4) is 0 Å². The van der Waals surface area contributed by atoms with Crippen LogP contribution in [0, 0.1) is 0 Å². The highest BCUT2D eigenvalue weighted by Crippen LogP contribution is 2.11. The maximum absolute atomic E-state index is 5.45. The Balaban J connectivity index is 4.50. The monoisotopic (exact) mass is 237 g/mol. The molecule has 0 aliphatic carbocycles. The van der Waals surface area contributed by atoms with Crippen molar-refractivity contribution in [3.8, 4) is 0 Å². The number of nitrogens with two attached hydrogens (primary N) is 1. The highest BCUT2D eigenvalue weighted by Gasteiger charge is 2.46. The first-order chi connectivity index (χ1) is 7.20. The van der Waals surface area contributed by atoms with Gasteiger partial charge >= 0.3 is 8.80 Å². The largest absolute Gasteiger partial charge is 0.519 e. The number of rotatable bonds is 9. The van der Waals surface area contributed by atoms with Gasteiger partial charge in [0.25, 0.3) is 0 Å². The van der Waals surface area contributed by atoms with Gasteiger partial charge in [0.1, 0.15) is 0 Å². The standard InChI is InChI=1S/C8H23N3O3Si/c1-10-7-8(11-6-5-9)15(12-2,13-3)14-4/h8,10-11H,5-7,9H2,1-4H3. The molecule has 0 aromatic heterocycles. The lowest BCUT2D eigenvalue weighted by Crippen LogP contribution is -2.64. The second-order valence-electron chi connectivity index (χ2n) is 3.07. The van der Waals surface area contributed by atoms with E-state index < -0.39 is 8.80 Å². The molecule has 0 amide bonds. The van der Waals surface area contributed by atoms with Crippen molar-refractivity contribution in [1.29, 1.82) is 0 Å². The van der Waals surface area contributed by atoms with Crippen molar-refractivity contribution in [2.45, 2.75) is 5.67 Å². The Kier molecular flexibility index (Phi) is 8.15. The number of nitrogens with one attached hydrogen (secondary N) is 2. The van der Waals surface area contributed by atoms with Gasteiger partial charge in [-0.05, 0) is 7.05 Å². The van der Waals surface area contributed by atoms with Crippen LogP contribution >= 0.6 is 0 Å². The van der Waals surface area contributed by atoms with Crippen molar-refractivity contribution in [1.82, 2.24) is 10.6 Å². The summed E-state index contributed by atoms with van der Waals surface area (Å²) in [5, 5.41) is 6.34. The van der Waals surface area contributed by atoms with E-state index in [1.165, 1.54) is 0 Å². The van der Waals surface area contributed by atoms with Crippen LogP contribution in [0.1, 0.15) is 0 Å². The molecule has 0 aromatic rings. The highest BCUT2D eigenvalue weighted by molar-refractivity contribution is 6.62. The Morgan fingerprint density at radius 3 is 2.07 bits per heavy atom. The third kappa shape index (κ3) is 4.15. The molecular weight excluding hydrogens is 214 g/mol. The van der Waals surface area contributed by atoms with Crippen molar-refractivity contribution >= 4 is 8.80 Å².